The number of aliphatic hydroxyl groups excluding tert-OH is 1. The molecular weight excluding hydrogens is 218 g/mol. The van der Waals surface area contributed by atoms with Gasteiger partial charge >= 0.3 is 0 Å². The van der Waals surface area contributed by atoms with E-state index in [-0.39, 0.29) is 17.9 Å². The van der Waals surface area contributed by atoms with E-state index in [9.17, 15) is 9.90 Å². The van der Waals surface area contributed by atoms with Crippen LogP contribution in [0.3, 0.4) is 0 Å². The molecule has 0 aliphatic carbocycles. The normalized spacial score (nSPS) is 14.4. The van der Waals surface area contributed by atoms with Crippen LogP contribution < -0.4 is 5.32 Å². The standard InChI is InChI=1S/C12H21N3O2/c1-8(5-9(2)16)6-13-12(17)11-7-15(4)14-10(11)3/h7-9,16H,5-6H2,1-4H3,(H,13,17). The Bertz CT molecular complexity index is 385. The zero-order valence-corrected chi connectivity index (χ0v) is 10.9. The van der Waals surface area contributed by atoms with Gasteiger partial charge in [0.25, 0.3) is 5.91 Å². The van der Waals surface area contributed by atoms with Crippen LogP contribution in [0.1, 0.15) is 36.3 Å². The monoisotopic (exact) mass is 239 g/mol. The maximum absolute atomic E-state index is 11.8. The van der Waals surface area contributed by atoms with Gasteiger partial charge in [0.15, 0.2) is 0 Å². The quantitative estimate of drug-likeness (QED) is 0.801. The van der Waals surface area contributed by atoms with E-state index in [1.165, 1.54) is 0 Å². The lowest BCUT2D eigenvalue weighted by Crippen LogP contribution is -2.29. The van der Waals surface area contributed by atoms with Gasteiger partial charge in [-0.05, 0) is 26.2 Å². The molecule has 0 spiro atoms. The van der Waals surface area contributed by atoms with Crippen LogP contribution >= 0.6 is 0 Å². The highest BCUT2D eigenvalue weighted by atomic mass is 16.3. The molecule has 17 heavy (non-hydrogen) atoms. The lowest BCUT2D eigenvalue weighted by atomic mass is 10.0. The highest BCUT2D eigenvalue weighted by molar-refractivity contribution is 5.94. The number of nitrogens with one attached hydrogen (secondary N) is 1. The SMILES string of the molecule is Cc1nn(C)cc1C(=O)NCC(C)CC(C)O. The van der Waals surface area contributed by atoms with E-state index in [4.69, 9.17) is 0 Å². The van der Waals surface area contributed by atoms with E-state index >= 15 is 0 Å². The summed E-state index contributed by atoms with van der Waals surface area (Å²) in [4.78, 5) is 11.8. The molecule has 0 radical (unpaired) electrons. The van der Waals surface area contributed by atoms with Gasteiger partial charge in [0.2, 0.25) is 0 Å². The second kappa shape index (κ2) is 5.82. The van der Waals surface area contributed by atoms with Gasteiger partial charge in [0.05, 0.1) is 17.4 Å². The molecule has 5 heteroatoms. The van der Waals surface area contributed by atoms with Crippen molar-refractivity contribution in [3.63, 3.8) is 0 Å². The fourth-order valence-electron chi connectivity index (χ4n) is 1.85. The molecule has 1 aromatic heterocycles. The van der Waals surface area contributed by atoms with E-state index in [0.29, 0.717) is 18.5 Å². The van der Waals surface area contributed by atoms with Crippen molar-refractivity contribution in [3.8, 4) is 0 Å². The summed E-state index contributed by atoms with van der Waals surface area (Å²) in [6.07, 6.45) is 2.07. The summed E-state index contributed by atoms with van der Waals surface area (Å²) in [7, 11) is 1.79. The van der Waals surface area contributed by atoms with Crippen molar-refractivity contribution in [3.05, 3.63) is 17.5 Å². The maximum atomic E-state index is 11.8. The van der Waals surface area contributed by atoms with Crippen molar-refractivity contribution >= 4 is 5.91 Å². The second-order valence-electron chi connectivity index (χ2n) is 4.70. The van der Waals surface area contributed by atoms with E-state index in [1.54, 1.807) is 24.9 Å². The minimum atomic E-state index is -0.331. The molecule has 1 heterocycles. The molecule has 0 bridgehead atoms. The van der Waals surface area contributed by atoms with Gasteiger partial charge < -0.3 is 10.4 Å². The molecule has 96 valence electrons. The summed E-state index contributed by atoms with van der Waals surface area (Å²) in [6.45, 7) is 6.14. The van der Waals surface area contributed by atoms with Crippen molar-refractivity contribution in [2.45, 2.75) is 33.3 Å². The summed E-state index contributed by atoms with van der Waals surface area (Å²) in [6, 6.07) is 0. The van der Waals surface area contributed by atoms with Gasteiger partial charge in [-0.15, -0.1) is 0 Å². The Kier molecular flexibility index (Phi) is 4.69. The van der Waals surface area contributed by atoms with Crippen LogP contribution in [0, 0.1) is 12.8 Å². The van der Waals surface area contributed by atoms with Gasteiger partial charge in [0.1, 0.15) is 0 Å². The third kappa shape index (κ3) is 4.19. The first-order chi connectivity index (χ1) is 7.90. The fourth-order valence-corrected chi connectivity index (χ4v) is 1.85. The van der Waals surface area contributed by atoms with Crippen molar-refractivity contribution in [1.29, 1.82) is 0 Å². The average molecular weight is 239 g/mol. The number of carbonyl (C=O) groups excluding carboxylic acids is 1. The molecule has 1 amide bonds. The van der Waals surface area contributed by atoms with E-state index < -0.39 is 0 Å². The lowest BCUT2D eigenvalue weighted by Gasteiger charge is -2.13. The second-order valence-corrected chi connectivity index (χ2v) is 4.70. The number of aryl methyl sites for hydroxylation is 2. The Labute approximate surface area is 102 Å². The topological polar surface area (TPSA) is 67.2 Å². The molecule has 0 aliphatic heterocycles. The molecule has 1 rings (SSSR count). The number of carbonyl (C=O) groups is 1. The summed E-state index contributed by atoms with van der Waals surface area (Å²) in [5.41, 5.74) is 1.34. The van der Waals surface area contributed by atoms with Crippen LogP contribution in [0.25, 0.3) is 0 Å². The zero-order valence-electron chi connectivity index (χ0n) is 10.9. The molecule has 2 atom stereocenters. The molecule has 5 nitrogen and oxygen atoms in total. The van der Waals surface area contributed by atoms with Crippen molar-refractivity contribution in [2.24, 2.45) is 13.0 Å². The Morgan fingerprint density at radius 2 is 2.24 bits per heavy atom. The smallest absolute Gasteiger partial charge is 0.254 e. The highest BCUT2D eigenvalue weighted by Gasteiger charge is 2.13. The first-order valence-electron chi connectivity index (χ1n) is 5.86. The Hall–Kier alpha value is -1.36. The van der Waals surface area contributed by atoms with Crippen LogP contribution in [0.5, 0.6) is 0 Å². The lowest BCUT2D eigenvalue weighted by molar-refractivity contribution is 0.0938. The molecule has 0 aromatic carbocycles. The van der Waals surface area contributed by atoms with Crippen molar-refractivity contribution < 1.29 is 9.90 Å². The summed E-state index contributed by atoms with van der Waals surface area (Å²) in [5, 5.41) is 16.2. The van der Waals surface area contributed by atoms with Crippen LogP contribution in [-0.4, -0.2) is 33.4 Å². The number of hydrogen-bond donors (Lipinski definition) is 2. The van der Waals surface area contributed by atoms with Crippen molar-refractivity contribution in [1.82, 2.24) is 15.1 Å². The number of amides is 1. The molecule has 1 aromatic rings. The average Bonchev–Trinajstić information content (AvgIpc) is 2.53. The molecule has 0 fully saturated rings. The Balaban J connectivity index is 2.47. The predicted molar refractivity (Wildman–Crippen MR) is 65.7 cm³/mol. The number of nitrogens with zero attached hydrogens (tertiary/aromatic N) is 2. The van der Waals surface area contributed by atoms with Gasteiger partial charge in [-0.2, -0.15) is 5.10 Å². The number of rotatable bonds is 5. The zero-order chi connectivity index (χ0) is 13.0. The van der Waals surface area contributed by atoms with Gasteiger partial charge in [0, 0.05) is 19.8 Å². The van der Waals surface area contributed by atoms with Crippen LogP contribution in [0.2, 0.25) is 0 Å². The highest BCUT2D eigenvalue weighted by Crippen LogP contribution is 2.07. The predicted octanol–water partition coefficient (Wildman–Crippen LogP) is 0.865. The molecule has 2 N–H and O–H groups in total. The molecule has 0 aliphatic rings. The van der Waals surface area contributed by atoms with Crippen LogP contribution in [0.4, 0.5) is 0 Å². The summed E-state index contributed by atoms with van der Waals surface area (Å²) < 4.78 is 1.63. The van der Waals surface area contributed by atoms with Gasteiger partial charge in [-0.3, -0.25) is 9.48 Å². The maximum Gasteiger partial charge on any atom is 0.254 e. The van der Waals surface area contributed by atoms with E-state index in [1.807, 2.05) is 13.8 Å². The molecule has 0 saturated heterocycles. The molecular formula is C12H21N3O2. The number of aromatic nitrogens is 2. The van der Waals surface area contributed by atoms with Gasteiger partial charge in [-0.25, -0.2) is 0 Å². The van der Waals surface area contributed by atoms with Crippen molar-refractivity contribution in [2.75, 3.05) is 6.54 Å². The third-order valence-electron chi connectivity index (χ3n) is 2.61. The van der Waals surface area contributed by atoms with Crippen LogP contribution in [-0.2, 0) is 7.05 Å². The van der Waals surface area contributed by atoms with E-state index in [2.05, 4.69) is 10.4 Å². The molecule has 0 saturated carbocycles. The van der Waals surface area contributed by atoms with E-state index in [0.717, 1.165) is 5.69 Å². The summed E-state index contributed by atoms with van der Waals surface area (Å²) >= 11 is 0. The van der Waals surface area contributed by atoms with Gasteiger partial charge in [-0.1, -0.05) is 6.92 Å². The fraction of sp³-hybridized carbons (Fsp3) is 0.667. The molecule has 2 unspecified atom stereocenters. The first kappa shape index (κ1) is 13.7. The third-order valence-corrected chi connectivity index (χ3v) is 2.61. The first-order valence-corrected chi connectivity index (χ1v) is 5.86. The minimum Gasteiger partial charge on any atom is -0.393 e. The Morgan fingerprint density at radius 1 is 1.59 bits per heavy atom. The number of aliphatic hydroxyl groups is 1. The summed E-state index contributed by atoms with van der Waals surface area (Å²) in [5.74, 6) is 0.156. The number of hydrogen-bond acceptors (Lipinski definition) is 3. The van der Waals surface area contributed by atoms with Crippen LogP contribution in [0.15, 0.2) is 6.20 Å². The minimum absolute atomic E-state index is 0.104. The Morgan fingerprint density at radius 3 is 2.71 bits per heavy atom. The largest absolute Gasteiger partial charge is 0.393 e.